The van der Waals surface area contributed by atoms with E-state index in [-0.39, 0.29) is 11.9 Å². The van der Waals surface area contributed by atoms with Crippen molar-refractivity contribution in [3.8, 4) is 11.8 Å². The van der Waals surface area contributed by atoms with Crippen LogP contribution in [0.25, 0.3) is 16.6 Å². The Morgan fingerprint density at radius 3 is 2.53 bits per heavy atom. The fourth-order valence-corrected chi connectivity index (χ4v) is 6.14. The van der Waals surface area contributed by atoms with Crippen molar-refractivity contribution >= 4 is 28.3 Å². The Balaban J connectivity index is 1.54. The van der Waals surface area contributed by atoms with E-state index < -0.39 is 0 Å². The quantitative estimate of drug-likeness (QED) is 0.356. The first-order chi connectivity index (χ1) is 16.5. The number of aliphatic hydroxyl groups excluding tert-OH is 1. The third-order valence-electron chi connectivity index (χ3n) is 7.57. The second-order valence-corrected chi connectivity index (χ2v) is 10.2. The van der Waals surface area contributed by atoms with Crippen LogP contribution in [0.1, 0.15) is 60.1 Å². The molecule has 34 heavy (non-hydrogen) atoms. The Bertz CT molecular complexity index is 1240. The minimum Gasteiger partial charge on any atom is -0.393 e. The zero-order valence-corrected chi connectivity index (χ0v) is 20.3. The number of nitrogens with zero attached hydrogens (tertiary/aromatic N) is 3. The lowest BCUT2D eigenvalue weighted by Gasteiger charge is -2.36. The minimum atomic E-state index is -0.239. The van der Waals surface area contributed by atoms with Crippen LogP contribution in [0.4, 0.5) is 0 Å². The van der Waals surface area contributed by atoms with Crippen LogP contribution >= 0.6 is 11.6 Å². The molecule has 0 saturated carbocycles. The first kappa shape index (κ1) is 23.1. The van der Waals surface area contributed by atoms with E-state index in [1.807, 2.05) is 31.2 Å². The van der Waals surface area contributed by atoms with E-state index in [1.165, 1.54) is 0 Å². The van der Waals surface area contributed by atoms with E-state index >= 15 is 0 Å². The van der Waals surface area contributed by atoms with E-state index in [2.05, 4.69) is 33.7 Å². The summed E-state index contributed by atoms with van der Waals surface area (Å²) in [5.41, 5.74) is 4.86. The molecule has 2 atom stereocenters. The number of unbranched alkanes of at least 4 members (excludes halogenated alkanes) is 1. The second-order valence-electron chi connectivity index (χ2n) is 9.74. The van der Waals surface area contributed by atoms with Gasteiger partial charge in [-0.25, -0.2) is 0 Å². The number of benzene rings is 2. The van der Waals surface area contributed by atoms with E-state index in [0.717, 1.165) is 71.9 Å². The van der Waals surface area contributed by atoms with Gasteiger partial charge < -0.3 is 9.67 Å². The maximum atomic E-state index is 13.8. The fourth-order valence-electron chi connectivity index (χ4n) is 6.01. The Kier molecular flexibility index (Phi) is 6.48. The van der Waals surface area contributed by atoms with Crippen LogP contribution in [-0.4, -0.2) is 45.1 Å². The Morgan fingerprint density at radius 2 is 1.85 bits per heavy atom. The van der Waals surface area contributed by atoms with Crippen molar-refractivity contribution in [3.05, 3.63) is 64.3 Å². The highest BCUT2D eigenvalue weighted by Gasteiger charge is 2.41. The standard InChI is InChI=1S/C28H30ClN3O2/c1-18-28(27(34)17-31-22-10-11-23(31)16-24(33)15-22)25-12-5-19(4-2-3-13-30)14-26(25)32(18)21-8-6-20(29)7-9-21/h5-9,12,14,22-24,33H,2-4,10-11,15-17H2,1H3. The number of rotatable bonds is 7. The number of hydrogen-bond acceptors (Lipinski definition) is 4. The molecule has 176 valence electrons. The van der Waals surface area contributed by atoms with E-state index in [1.54, 1.807) is 0 Å². The average Bonchev–Trinajstić information content (AvgIpc) is 3.22. The molecule has 2 aromatic carbocycles. The lowest BCUT2D eigenvalue weighted by Crippen LogP contribution is -2.46. The van der Waals surface area contributed by atoms with Crippen LogP contribution in [0.5, 0.6) is 0 Å². The van der Waals surface area contributed by atoms with Gasteiger partial charge in [-0.05, 0) is 81.3 Å². The lowest BCUT2D eigenvalue weighted by atomic mass is 9.98. The normalized spacial score (nSPS) is 22.2. The minimum absolute atomic E-state index is 0.140. The summed E-state index contributed by atoms with van der Waals surface area (Å²) in [6.07, 6.45) is 5.60. The topological polar surface area (TPSA) is 69.3 Å². The third-order valence-corrected chi connectivity index (χ3v) is 7.82. The van der Waals surface area contributed by atoms with Crippen molar-refractivity contribution in [2.75, 3.05) is 6.54 Å². The first-order valence-corrected chi connectivity index (χ1v) is 12.6. The molecule has 2 aliphatic rings. The summed E-state index contributed by atoms with van der Waals surface area (Å²) in [5, 5.41) is 20.7. The number of aryl methyl sites for hydroxylation is 1. The molecule has 3 heterocycles. The molecular formula is C28H30ClN3O2. The highest BCUT2D eigenvalue weighted by molar-refractivity contribution is 6.30. The summed E-state index contributed by atoms with van der Waals surface area (Å²) in [6.45, 7) is 2.41. The molecule has 0 amide bonds. The van der Waals surface area contributed by atoms with Gasteiger partial charge in [-0.15, -0.1) is 0 Å². The van der Waals surface area contributed by atoms with Crippen LogP contribution in [0.3, 0.4) is 0 Å². The third kappa shape index (κ3) is 4.27. The molecule has 2 saturated heterocycles. The van der Waals surface area contributed by atoms with E-state index in [9.17, 15) is 9.90 Å². The van der Waals surface area contributed by atoms with Crippen molar-refractivity contribution in [3.63, 3.8) is 0 Å². The Hall–Kier alpha value is -2.65. The van der Waals surface area contributed by atoms with Gasteiger partial charge in [-0.2, -0.15) is 5.26 Å². The van der Waals surface area contributed by atoms with Crippen molar-refractivity contribution in [2.45, 2.75) is 70.1 Å². The number of hydrogen-bond donors (Lipinski definition) is 1. The molecule has 1 N–H and O–H groups in total. The smallest absolute Gasteiger partial charge is 0.179 e. The number of carbonyl (C=O) groups excluding carboxylic acids is 1. The van der Waals surface area contributed by atoms with Crippen LogP contribution < -0.4 is 0 Å². The lowest BCUT2D eigenvalue weighted by molar-refractivity contribution is 0.0344. The van der Waals surface area contributed by atoms with Crippen molar-refractivity contribution in [1.82, 2.24) is 9.47 Å². The number of nitriles is 1. The Morgan fingerprint density at radius 1 is 1.15 bits per heavy atom. The second kappa shape index (κ2) is 9.54. The summed E-state index contributed by atoms with van der Waals surface area (Å²) in [4.78, 5) is 16.1. The monoisotopic (exact) mass is 475 g/mol. The van der Waals surface area contributed by atoms with Crippen LogP contribution in [0.2, 0.25) is 5.02 Å². The molecule has 0 aliphatic carbocycles. The van der Waals surface area contributed by atoms with Gasteiger partial charge in [0.15, 0.2) is 5.78 Å². The molecule has 3 aromatic rings. The molecule has 6 heteroatoms. The van der Waals surface area contributed by atoms with Gasteiger partial charge in [-0.3, -0.25) is 9.69 Å². The van der Waals surface area contributed by atoms with E-state index in [4.69, 9.17) is 16.9 Å². The summed E-state index contributed by atoms with van der Waals surface area (Å²) in [5.74, 6) is 0.140. The van der Waals surface area contributed by atoms with Crippen LogP contribution in [-0.2, 0) is 6.42 Å². The summed E-state index contributed by atoms with van der Waals surface area (Å²) in [7, 11) is 0. The molecule has 1 aromatic heterocycles. The maximum absolute atomic E-state index is 13.8. The molecule has 2 fully saturated rings. The predicted molar refractivity (Wildman–Crippen MR) is 135 cm³/mol. The van der Waals surface area contributed by atoms with Crippen LogP contribution in [0.15, 0.2) is 42.5 Å². The zero-order valence-electron chi connectivity index (χ0n) is 19.5. The summed E-state index contributed by atoms with van der Waals surface area (Å²) < 4.78 is 2.15. The number of Topliss-reactive ketones (excluding diaryl/α,β-unsaturated/α-hetero) is 1. The molecule has 5 rings (SSSR count). The van der Waals surface area contributed by atoms with E-state index in [0.29, 0.717) is 30.1 Å². The largest absolute Gasteiger partial charge is 0.393 e. The summed E-state index contributed by atoms with van der Waals surface area (Å²) in [6, 6.07) is 16.8. The molecule has 2 aliphatic heterocycles. The highest BCUT2D eigenvalue weighted by Crippen LogP contribution is 2.37. The number of ketones is 1. The number of aromatic nitrogens is 1. The maximum Gasteiger partial charge on any atom is 0.179 e. The average molecular weight is 476 g/mol. The van der Waals surface area contributed by atoms with Gasteiger partial charge in [-0.1, -0.05) is 23.7 Å². The molecule has 0 spiro atoms. The predicted octanol–water partition coefficient (Wildman–Crippen LogP) is 5.61. The fraction of sp³-hybridized carbons (Fsp3) is 0.429. The highest BCUT2D eigenvalue weighted by atomic mass is 35.5. The van der Waals surface area contributed by atoms with Crippen molar-refractivity contribution in [2.24, 2.45) is 0 Å². The number of carbonyl (C=O) groups is 1. The zero-order chi connectivity index (χ0) is 23.8. The number of halogens is 1. The molecule has 2 bridgehead atoms. The molecular weight excluding hydrogens is 446 g/mol. The van der Waals surface area contributed by atoms with Gasteiger partial charge >= 0.3 is 0 Å². The van der Waals surface area contributed by atoms with Crippen molar-refractivity contribution in [1.29, 1.82) is 5.26 Å². The molecule has 0 radical (unpaired) electrons. The van der Waals surface area contributed by atoms with Gasteiger partial charge in [0.2, 0.25) is 0 Å². The summed E-state index contributed by atoms with van der Waals surface area (Å²) >= 11 is 6.15. The number of aliphatic hydroxyl groups is 1. The van der Waals surface area contributed by atoms with Gasteiger partial charge in [0.1, 0.15) is 0 Å². The number of fused-ring (bicyclic) bond motifs is 3. The first-order valence-electron chi connectivity index (χ1n) is 12.2. The van der Waals surface area contributed by atoms with Gasteiger partial charge in [0.05, 0.1) is 24.2 Å². The molecule has 5 nitrogen and oxygen atoms in total. The Labute approximate surface area is 205 Å². The van der Waals surface area contributed by atoms with Crippen LogP contribution in [0, 0.1) is 18.3 Å². The van der Waals surface area contributed by atoms with Crippen molar-refractivity contribution < 1.29 is 9.90 Å². The molecule has 2 unspecified atom stereocenters. The number of piperidine rings is 1. The SMILES string of the molecule is Cc1c(C(=O)CN2C3CCC2CC(O)C3)c2ccc(CCCC#N)cc2n1-c1ccc(Cl)cc1. The van der Waals surface area contributed by atoms with Gasteiger partial charge in [0.25, 0.3) is 0 Å². The van der Waals surface area contributed by atoms with Gasteiger partial charge in [0, 0.05) is 45.9 Å².